The molecule has 0 radical (unpaired) electrons. The Kier molecular flexibility index (Phi) is 6.13. The minimum Gasteiger partial charge on any atom is -0.495 e. The van der Waals surface area contributed by atoms with Crippen molar-refractivity contribution in [2.75, 3.05) is 19.0 Å². The van der Waals surface area contributed by atoms with Crippen molar-refractivity contribution in [1.82, 2.24) is 5.32 Å². The SMILES string of the molecule is COc1cc(Cl)c(C)cc1NC(=O)NCCc1ccc(Cl)cc1. The molecule has 2 rings (SSSR count). The second-order valence-corrected chi connectivity index (χ2v) is 5.90. The number of benzene rings is 2. The van der Waals surface area contributed by atoms with Gasteiger partial charge in [-0.1, -0.05) is 35.3 Å². The van der Waals surface area contributed by atoms with Crippen molar-refractivity contribution in [3.63, 3.8) is 0 Å². The predicted molar refractivity (Wildman–Crippen MR) is 94.9 cm³/mol. The van der Waals surface area contributed by atoms with Crippen LogP contribution in [-0.4, -0.2) is 19.7 Å². The van der Waals surface area contributed by atoms with Gasteiger partial charge in [-0.15, -0.1) is 0 Å². The average molecular weight is 353 g/mol. The van der Waals surface area contributed by atoms with Gasteiger partial charge in [-0.05, 0) is 42.7 Å². The smallest absolute Gasteiger partial charge is 0.319 e. The maximum Gasteiger partial charge on any atom is 0.319 e. The van der Waals surface area contributed by atoms with E-state index >= 15 is 0 Å². The fourth-order valence-electron chi connectivity index (χ4n) is 2.07. The lowest BCUT2D eigenvalue weighted by atomic mass is 10.1. The minimum atomic E-state index is -0.293. The molecule has 0 aliphatic rings. The van der Waals surface area contributed by atoms with Crippen LogP contribution in [0, 0.1) is 6.92 Å². The highest BCUT2D eigenvalue weighted by atomic mass is 35.5. The van der Waals surface area contributed by atoms with E-state index in [4.69, 9.17) is 27.9 Å². The van der Waals surface area contributed by atoms with Crippen molar-refractivity contribution >= 4 is 34.9 Å². The third-order valence-electron chi connectivity index (χ3n) is 3.34. The first-order valence-corrected chi connectivity index (χ1v) is 7.88. The number of carbonyl (C=O) groups is 1. The van der Waals surface area contributed by atoms with Gasteiger partial charge in [0.05, 0.1) is 12.8 Å². The standard InChI is InChI=1S/C17H18Cl2N2O2/c1-11-9-15(16(23-2)10-14(11)19)21-17(22)20-8-7-12-3-5-13(18)6-4-12/h3-6,9-10H,7-8H2,1-2H3,(H2,20,21,22). The van der Waals surface area contributed by atoms with Crippen LogP contribution < -0.4 is 15.4 Å². The number of hydrogen-bond acceptors (Lipinski definition) is 2. The molecule has 4 nitrogen and oxygen atoms in total. The summed E-state index contributed by atoms with van der Waals surface area (Å²) >= 11 is 11.9. The lowest BCUT2D eigenvalue weighted by Gasteiger charge is -2.13. The number of ether oxygens (including phenoxy) is 1. The highest BCUT2D eigenvalue weighted by Crippen LogP contribution is 2.30. The lowest BCUT2D eigenvalue weighted by molar-refractivity contribution is 0.252. The van der Waals surface area contributed by atoms with Crippen molar-refractivity contribution in [2.45, 2.75) is 13.3 Å². The largest absolute Gasteiger partial charge is 0.495 e. The van der Waals surface area contributed by atoms with Crippen molar-refractivity contribution in [3.05, 3.63) is 57.6 Å². The van der Waals surface area contributed by atoms with Crippen LogP contribution >= 0.6 is 23.2 Å². The van der Waals surface area contributed by atoms with Gasteiger partial charge in [0.2, 0.25) is 0 Å². The molecule has 6 heteroatoms. The summed E-state index contributed by atoms with van der Waals surface area (Å²) < 4.78 is 5.23. The topological polar surface area (TPSA) is 50.4 Å². The molecule has 0 fully saturated rings. The molecule has 0 aliphatic carbocycles. The molecular formula is C17H18Cl2N2O2. The molecule has 0 saturated carbocycles. The van der Waals surface area contributed by atoms with Crippen LogP contribution in [0.2, 0.25) is 10.0 Å². The van der Waals surface area contributed by atoms with Gasteiger partial charge >= 0.3 is 6.03 Å². The summed E-state index contributed by atoms with van der Waals surface area (Å²) in [5.74, 6) is 0.522. The summed E-state index contributed by atoms with van der Waals surface area (Å²) in [6.45, 7) is 2.38. The fraction of sp³-hybridized carbons (Fsp3) is 0.235. The number of amides is 2. The fourth-order valence-corrected chi connectivity index (χ4v) is 2.35. The second kappa shape index (κ2) is 8.09. The third kappa shape index (κ3) is 5.05. The Labute approximate surface area is 145 Å². The van der Waals surface area contributed by atoms with Crippen LogP contribution in [0.4, 0.5) is 10.5 Å². The number of aryl methyl sites for hydroxylation is 1. The van der Waals surface area contributed by atoms with Crippen LogP contribution in [0.15, 0.2) is 36.4 Å². The zero-order valence-corrected chi connectivity index (χ0v) is 14.5. The van der Waals surface area contributed by atoms with E-state index in [2.05, 4.69) is 10.6 Å². The number of urea groups is 1. The normalized spacial score (nSPS) is 10.3. The summed E-state index contributed by atoms with van der Waals surface area (Å²) in [4.78, 5) is 12.0. The van der Waals surface area contributed by atoms with Gasteiger partial charge in [-0.2, -0.15) is 0 Å². The van der Waals surface area contributed by atoms with Crippen LogP contribution in [0.25, 0.3) is 0 Å². The van der Waals surface area contributed by atoms with E-state index in [-0.39, 0.29) is 6.03 Å². The summed E-state index contributed by atoms with van der Waals surface area (Å²) in [6, 6.07) is 10.7. The van der Waals surface area contributed by atoms with Crippen LogP contribution in [-0.2, 0) is 6.42 Å². The Balaban J connectivity index is 1.89. The predicted octanol–water partition coefficient (Wildman–Crippen LogP) is 4.67. The first-order valence-electron chi connectivity index (χ1n) is 7.13. The molecular weight excluding hydrogens is 335 g/mol. The first kappa shape index (κ1) is 17.4. The third-order valence-corrected chi connectivity index (χ3v) is 4.00. The first-order chi connectivity index (χ1) is 11.0. The molecule has 2 N–H and O–H groups in total. The molecule has 2 aromatic rings. The molecule has 23 heavy (non-hydrogen) atoms. The molecule has 0 atom stereocenters. The molecule has 0 aliphatic heterocycles. The number of anilines is 1. The Bertz CT molecular complexity index is 688. The second-order valence-electron chi connectivity index (χ2n) is 5.06. The molecule has 122 valence electrons. The highest BCUT2D eigenvalue weighted by Gasteiger charge is 2.10. The van der Waals surface area contributed by atoms with Gasteiger partial charge in [-0.25, -0.2) is 4.79 Å². The van der Waals surface area contributed by atoms with E-state index in [1.807, 2.05) is 31.2 Å². The number of carbonyl (C=O) groups excluding carboxylic acids is 1. The average Bonchev–Trinajstić information content (AvgIpc) is 2.52. The van der Waals surface area contributed by atoms with Gasteiger partial charge in [0.15, 0.2) is 0 Å². The zero-order valence-electron chi connectivity index (χ0n) is 13.0. The van der Waals surface area contributed by atoms with E-state index in [1.165, 1.54) is 7.11 Å². The van der Waals surface area contributed by atoms with Gasteiger partial charge in [0, 0.05) is 22.7 Å². The van der Waals surface area contributed by atoms with E-state index in [9.17, 15) is 4.79 Å². The maximum atomic E-state index is 12.0. The maximum absolute atomic E-state index is 12.0. The molecule has 0 spiro atoms. The molecule has 2 aromatic carbocycles. The van der Waals surface area contributed by atoms with E-state index in [0.29, 0.717) is 28.0 Å². The van der Waals surface area contributed by atoms with Crippen molar-refractivity contribution < 1.29 is 9.53 Å². The Hall–Kier alpha value is -1.91. The van der Waals surface area contributed by atoms with E-state index in [0.717, 1.165) is 17.5 Å². The number of nitrogens with one attached hydrogen (secondary N) is 2. The number of halogens is 2. The summed E-state index contributed by atoms with van der Waals surface area (Å²) in [5.41, 5.74) is 2.55. The van der Waals surface area contributed by atoms with E-state index in [1.54, 1.807) is 12.1 Å². The quantitative estimate of drug-likeness (QED) is 0.820. The van der Waals surface area contributed by atoms with Crippen LogP contribution in [0.5, 0.6) is 5.75 Å². The van der Waals surface area contributed by atoms with Gasteiger partial charge < -0.3 is 15.4 Å². The number of rotatable bonds is 5. The van der Waals surface area contributed by atoms with Crippen molar-refractivity contribution in [2.24, 2.45) is 0 Å². The van der Waals surface area contributed by atoms with Crippen molar-refractivity contribution in [1.29, 1.82) is 0 Å². The summed E-state index contributed by atoms with van der Waals surface area (Å²) in [5, 5.41) is 6.87. The van der Waals surface area contributed by atoms with Crippen molar-refractivity contribution in [3.8, 4) is 5.75 Å². The Morgan fingerprint density at radius 2 is 1.87 bits per heavy atom. The molecule has 0 heterocycles. The number of methoxy groups -OCH3 is 1. The van der Waals surface area contributed by atoms with Gasteiger partial charge in [0.25, 0.3) is 0 Å². The summed E-state index contributed by atoms with van der Waals surface area (Å²) in [7, 11) is 1.53. The molecule has 0 aromatic heterocycles. The minimum absolute atomic E-state index is 0.293. The number of hydrogen-bond donors (Lipinski definition) is 2. The molecule has 0 bridgehead atoms. The Morgan fingerprint density at radius 3 is 2.52 bits per heavy atom. The zero-order chi connectivity index (χ0) is 16.8. The molecule has 2 amide bonds. The molecule has 0 unspecified atom stereocenters. The monoisotopic (exact) mass is 352 g/mol. The van der Waals surface area contributed by atoms with Crippen LogP contribution in [0.1, 0.15) is 11.1 Å². The van der Waals surface area contributed by atoms with Gasteiger partial charge in [-0.3, -0.25) is 0 Å². The van der Waals surface area contributed by atoms with Gasteiger partial charge in [0.1, 0.15) is 5.75 Å². The highest BCUT2D eigenvalue weighted by molar-refractivity contribution is 6.31. The van der Waals surface area contributed by atoms with Crippen LogP contribution in [0.3, 0.4) is 0 Å². The molecule has 0 saturated heterocycles. The summed E-state index contributed by atoms with van der Waals surface area (Å²) in [6.07, 6.45) is 0.724. The lowest BCUT2D eigenvalue weighted by Crippen LogP contribution is -2.30. The van der Waals surface area contributed by atoms with E-state index < -0.39 is 0 Å². The Morgan fingerprint density at radius 1 is 1.17 bits per heavy atom.